The number of nitrogens with one attached hydrogen (secondary N) is 1. The zero-order valence-electron chi connectivity index (χ0n) is 11.3. The van der Waals surface area contributed by atoms with Crippen LogP contribution in [0.15, 0.2) is 40.9 Å². The van der Waals surface area contributed by atoms with Crippen LogP contribution < -0.4 is 5.32 Å². The van der Waals surface area contributed by atoms with Crippen molar-refractivity contribution in [3.8, 4) is 0 Å². The molecular formula is C15H12ClN3O2. The molecule has 0 radical (unpaired) electrons. The lowest BCUT2D eigenvalue weighted by atomic mass is 10.2. The first-order chi connectivity index (χ1) is 10.2. The van der Waals surface area contributed by atoms with Crippen LogP contribution in [-0.2, 0) is 6.42 Å². The third-order valence-electron chi connectivity index (χ3n) is 2.95. The highest BCUT2D eigenvalue weighted by Gasteiger charge is 2.10. The number of anilines is 1. The second kappa shape index (κ2) is 5.54. The Labute approximate surface area is 126 Å². The maximum atomic E-state index is 12.1. The van der Waals surface area contributed by atoms with Crippen LogP contribution in [0, 0.1) is 0 Å². The summed E-state index contributed by atoms with van der Waals surface area (Å²) in [7, 11) is 0. The molecule has 5 nitrogen and oxygen atoms in total. The van der Waals surface area contributed by atoms with Gasteiger partial charge in [0.25, 0.3) is 5.91 Å². The molecular weight excluding hydrogens is 290 g/mol. The van der Waals surface area contributed by atoms with Crippen LogP contribution in [0.3, 0.4) is 0 Å². The third kappa shape index (κ3) is 2.87. The predicted octanol–water partition coefficient (Wildman–Crippen LogP) is 3.69. The summed E-state index contributed by atoms with van der Waals surface area (Å²) in [5, 5.41) is 3.23. The van der Waals surface area contributed by atoms with Gasteiger partial charge in [0.1, 0.15) is 11.2 Å². The number of fused-ring (bicyclic) bond motifs is 1. The van der Waals surface area contributed by atoms with Gasteiger partial charge in [0.05, 0.1) is 0 Å². The highest BCUT2D eigenvalue weighted by atomic mass is 35.5. The van der Waals surface area contributed by atoms with Crippen molar-refractivity contribution in [1.82, 2.24) is 9.97 Å². The van der Waals surface area contributed by atoms with Crippen molar-refractivity contribution < 1.29 is 9.21 Å². The Morgan fingerprint density at radius 1 is 1.33 bits per heavy atom. The first-order valence-electron chi connectivity index (χ1n) is 6.48. The van der Waals surface area contributed by atoms with Crippen molar-refractivity contribution >= 4 is 34.3 Å². The number of aromatic nitrogens is 2. The number of carbonyl (C=O) groups is 1. The van der Waals surface area contributed by atoms with Gasteiger partial charge in [-0.25, -0.2) is 4.98 Å². The molecule has 0 aliphatic heterocycles. The monoisotopic (exact) mass is 301 g/mol. The molecule has 1 aromatic carbocycles. The van der Waals surface area contributed by atoms with Crippen LogP contribution in [0.1, 0.15) is 23.3 Å². The molecule has 0 spiro atoms. The number of halogens is 1. The molecule has 106 valence electrons. The van der Waals surface area contributed by atoms with Crippen molar-refractivity contribution in [3.63, 3.8) is 0 Å². The standard InChI is InChI=1S/C15H12ClN3O2/c1-2-14-19-11-8-10(3-4-13(11)21-14)18-15(20)12-7-9(16)5-6-17-12/h3-8H,2H2,1H3,(H,18,20). The van der Waals surface area contributed by atoms with Crippen LogP contribution in [0.5, 0.6) is 0 Å². The summed E-state index contributed by atoms with van der Waals surface area (Å²) in [6.07, 6.45) is 2.22. The summed E-state index contributed by atoms with van der Waals surface area (Å²) >= 11 is 5.85. The maximum absolute atomic E-state index is 12.1. The molecule has 21 heavy (non-hydrogen) atoms. The highest BCUT2D eigenvalue weighted by molar-refractivity contribution is 6.30. The number of pyridine rings is 1. The van der Waals surface area contributed by atoms with Crippen LogP contribution >= 0.6 is 11.6 Å². The molecule has 1 N–H and O–H groups in total. The number of hydrogen-bond donors (Lipinski definition) is 1. The fourth-order valence-corrected chi connectivity index (χ4v) is 2.09. The lowest BCUT2D eigenvalue weighted by Crippen LogP contribution is -2.13. The van der Waals surface area contributed by atoms with Gasteiger partial charge in [-0.15, -0.1) is 0 Å². The van der Waals surface area contributed by atoms with Gasteiger partial charge in [-0.3, -0.25) is 9.78 Å². The van der Waals surface area contributed by atoms with Gasteiger partial charge in [-0.1, -0.05) is 18.5 Å². The second-order valence-corrected chi connectivity index (χ2v) is 4.89. The maximum Gasteiger partial charge on any atom is 0.274 e. The van der Waals surface area contributed by atoms with E-state index < -0.39 is 0 Å². The first kappa shape index (κ1) is 13.6. The SMILES string of the molecule is CCc1nc2cc(NC(=O)c3cc(Cl)ccn3)ccc2o1. The highest BCUT2D eigenvalue weighted by Crippen LogP contribution is 2.21. The number of rotatable bonds is 3. The Hall–Kier alpha value is -2.40. The van der Waals surface area contributed by atoms with E-state index in [-0.39, 0.29) is 11.6 Å². The molecule has 0 bridgehead atoms. The zero-order chi connectivity index (χ0) is 14.8. The van der Waals surface area contributed by atoms with Gasteiger partial charge < -0.3 is 9.73 Å². The molecule has 3 rings (SSSR count). The van der Waals surface area contributed by atoms with E-state index in [1.807, 2.05) is 6.92 Å². The number of aryl methyl sites for hydroxylation is 1. The molecule has 0 saturated heterocycles. The third-order valence-corrected chi connectivity index (χ3v) is 3.18. The largest absolute Gasteiger partial charge is 0.441 e. The van der Waals surface area contributed by atoms with Gasteiger partial charge in [0, 0.05) is 23.3 Å². The minimum absolute atomic E-state index is 0.261. The van der Waals surface area contributed by atoms with Crippen molar-refractivity contribution in [2.75, 3.05) is 5.32 Å². The van der Waals surface area contributed by atoms with E-state index in [0.717, 1.165) is 6.42 Å². The van der Waals surface area contributed by atoms with Crippen LogP contribution in [0.4, 0.5) is 5.69 Å². The van der Waals surface area contributed by atoms with Crippen molar-refractivity contribution in [2.45, 2.75) is 13.3 Å². The number of benzene rings is 1. The fourth-order valence-electron chi connectivity index (χ4n) is 1.93. The minimum Gasteiger partial charge on any atom is -0.441 e. The summed E-state index contributed by atoms with van der Waals surface area (Å²) in [4.78, 5) is 20.4. The Morgan fingerprint density at radius 3 is 2.95 bits per heavy atom. The molecule has 3 aromatic rings. The van der Waals surface area contributed by atoms with Crippen LogP contribution in [-0.4, -0.2) is 15.9 Å². The summed E-state index contributed by atoms with van der Waals surface area (Å²) in [6, 6.07) is 8.44. The van der Waals surface area contributed by atoms with Crippen LogP contribution in [0.25, 0.3) is 11.1 Å². The molecule has 0 aliphatic rings. The molecule has 0 atom stereocenters. The number of hydrogen-bond acceptors (Lipinski definition) is 4. The molecule has 6 heteroatoms. The van der Waals surface area contributed by atoms with Gasteiger partial charge in [0.2, 0.25) is 0 Å². The normalized spacial score (nSPS) is 10.8. The lowest BCUT2D eigenvalue weighted by Gasteiger charge is -2.04. The summed E-state index contributed by atoms with van der Waals surface area (Å²) in [5.41, 5.74) is 2.30. The first-order valence-corrected chi connectivity index (χ1v) is 6.86. The number of nitrogens with zero attached hydrogens (tertiary/aromatic N) is 2. The molecule has 1 amide bonds. The minimum atomic E-state index is -0.323. The number of oxazole rings is 1. The Kier molecular flexibility index (Phi) is 3.58. The van der Waals surface area contributed by atoms with Crippen molar-refractivity contribution in [2.24, 2.45) is 0 Å². The molecule has 0 saturated carbocycles. The molecule has 2 heterocycles. The number of carbonyl (C=O) groups excluding carboxylic acids is 1. The van der Waals surface area contributed by atoms with E-state index in [9.17, 15) is 4.79 Å². The van der Waals surface area contributed by atoms with Crippen molar-refractivity contribution in [3.05, 3.63) is 53.1 Å². The molecule has 2 aromatic heterocycles. The van der Waals surface area contributed by atoms with E-state index in [1.54, 1.807) is 24.3 Å². The van der Waals surface area contributed by atoms with Crippen LogP contribution in [0.2, 0.25) is 5.02 Å². The Balaban J connectivity index is 1.85. The Morgan fingerprint density at radius 2 is 2.19 bits per heavy atom. The van der Waals surface area contributed by atoms with E-state index in [1.165, 1.54) is 12.3 Å². The number of amides is 1. The summed E-state index contributed by atoms with van der Waals surface area (Å²) in [5.74, 6) is 0.348. The average Bonchev–Trinajstić information content (AvgIpc) is 2.89. The van der Waals surface area contributed by atoms with E-state index >= 15 is 0 Å². The Bertz CT molecular complexity index is 814. The van der Waals surface area contributed by atoms with E-state index in [2.05, 4.69) is 15.3 Å². The molecule has 0 fully saturated rings. The summed E-state index contributed by atoms with van der Waals surface area (Å²) < 4.78 is 5.52. The quantitative estimate of drug-likeness (QED) is 0.801. The lowest BCUT2D eigenvalue weighted by molar-refractivity contribution is 0.102. The van der Waals surface area contributed by atoms with E-state index in [4.69, 9.17) is 16.0 Å². The second-order valence-electron chi connectivity index (χ2n) is 4.46. The smallest absolute Gasteiger partial charge is 0.274 e. The average molecular weight is 302 g/mol. The van der Waals surface area contributed by atoms with Gasteiger partial charge in [-0.2, -0.15) is 0 Å². The van der Waals surface area contributed by atoms with Crippen molar-refractivity contribution in [1.29, 1.82) is 0 Å². The fraction of sp³-hybridized carbons (Fsp3) is 0.133. The summed E-state index contributed by atoms with van der Waals surface area (Å²) in [6.45, 7) is 1.97. The van der Waals surface area contributed by atoms with Gasteiger partial charge in [-0.05, 0) is 30.3 Å². The molecule has 0 unspecified atom stereocenters. The van der Waals surface area contributed by atoms with Gasteiger partial charge in [0.15, 0.2) is 11.5 Å². The zero-order valence-corrected chi connectivity index (χ0v) is 12.0. The van der Waals surface area contributed by atoms with E-state index in [0.29, 0.717) is 27.7 Å². The molecule has 0 aliphatic carbocycles. The van der Waals surface area contributed by atoms with Gasteiger partial charge >= 0.3 is 0 Å². The topological polar surface area (TPSA) is 68.0 Å². The predicted molar refractivity (Wildman–Crippen MR) is 80.6 cm³/mol.